The number of nitrogens with one attached hydrogen (secondary N) is 1. The van der Waals surface area contributed by atoms with Crippen molar-refractivity contribution in [2.75, 3.05) is 18.9 Å². The van der Waals surface area contributed by atoms with Crippen molar-refractivity contribution < 1.29 is 9.21 Å². The van der Waals surface area contributed by atoms with Crippen molar-refractivity contribution in [2.45, 2.75) is 38.6 Å². The third-order valence-corrected chi connectivity index (χ3v) is 5.07. The highest BCUT2D eigenvalue weighted by atomic mass is 16.3. The molecule has 0 atom stereocenters. The SMILES string of the molecule is Cc1oc2ncnc(NC3(C)CC3)c2c1C(=O)N(C)CCc1ccccn1. The summed E-state index contributed by atoms with van der Waals surface area (Å²) >= 11 is 0. The molecular formula is C20H23N5O2. The minimum absolute atomic E-state index is 0.0393. The zero-order valence-electron chi connectivity index (χ0n) is 15.8. The molecule has 0 radical (unpaired) electrons. The number of aromatic nitrogens is 3. The molecule has 7 nitrogen and oxygen atoms in total. The van der Waals surface area contributed by atoms with Crippen molar-refractivity contribution in [3.8, 4) is 0 Å². The molecule has 1 aliphatic rings. The molecule has 140 valence electrons. The fourth-order valence-corrected chi connectivity index (χ4v) is 3.12. The largest absolute Gasteiger partial charge is 0.442 e. The number of rotatable bonds is 6. The summed E-state index contributed by atoms with van der Waals surface area (Å²) in [6, 6.07) is 5.79. The monoisotopic (exact) mass is 365 g/mol. The lowest BCUT2D eigenvalue weighted by atomic mass is 10.1. The van der Waals surface area contributed by atoms with Gasteiger partial charge in [-0.3, -0.25) is 9.78 Å². The molecule has 1 amide bonds. The number of carbonyl (C=O) groups is 1. The van der Waals surface area contributed by atoms with Gasteiger partial charge in [0.05, 0.1) is 10.9 Å². The summed E-state index contributed by atoms with van der Waals surface area (Å²) in [5.74, 6) is 1.13. The fraction of sp³-hybridized carbons (Fsp3) is 0.400. The number of anilines is 1. The molecule has 1 aliphatic carbocycles. The van der Waals surface area contributed by atoms with E-state index in [9.17, 15) is 4.79 Å². The van der Waals surface area contributed by atoms with Gasteiger partial charge in [-0.15, -0.1) is 0 Å². The number of likely N-dealkylation sites (N-methyl/N-ethyl adjacent to an activating group) is 1. The number of hydrogen-bond acceptors (Lipinski definition) is 6. The number of amides is 1. The lowest BCUT2D eigenvalue weighted by Gasteiger charge is -2.18. The molecule has 1 fully saturated rings. The van der Waals surface area contributed by atoms with Crippen LogP contribution < -0.4 is 5.32 Å². The summed E-state index contributed by atoms with van der Waals surface area (Å²) in [6.45, 7) is 4.51. The Labute approximate surface area is 157 Å². The maximum absolute atomic E-state index is 13.2. The van der Waals surface area contributed by atoms with E-state index in [0.717, 1.165) is 18.5 Å². The number of nitrogens with zero attached hydrogens (tertiary/aromatic N) is 4. The molecule has 3 heterocycles. The average Bonchev–Trinajstić information content (AvgIpc) is 3.28. The standard InChI is InChI=1S/C20H23N5O2/c1-13-15(19(26)25(3)11-7-14-6-4-5-10-21-14)16-17(24-20(2)8-9-20)22-12-23-18(16)27-13/h4-6,10,12H,7-9,11H2,1-3H3,(H,22,23,24). The van der Waals surface area contributed by atoms with Gasteiger partial charge in [0.1, 0.15) is 17.9 Å². The highest BCUT2D eigenvalue weighted by Crippen LogP contribution is 2.40. The van der Waals surface area contributed by atoms with E-state index in [4.69, 9.17) is 4.42 Å². The summed E-state index contributed by atoms with van der Waals surface area (Å²) in [5.41, 5.74) is 1.97. The highest BCUT2D eigenvalue weighted by Gasteiger charge is 2.38. The summed E-state index contributed by atoms with van der Waals surface area (Å²) in [7, 11) is 1.79. The first-order chi connectivity index (χ1) is 13.0. The molecule has 0 bridgehead atoms. The Hall–Kier alpha value is -2.96. The van der Waals surface area contributed by atoms with Crippen LogP contribution in [0.1, 0.15) is 41.6 Å². The minimum atomic E-state index is -0.0963. The Kier molecular flexibility index (Phi) is 4.30. The van der Waals surface area contributed by atoms with E-state index in [2.05, 4.69) is 27.2 Å². The van der Waals surface area contributed by atoms with E-state index in [1.807, 2.05) is 18.2 Å². The smallest absolute Gasteiger partial charge is 0.257 e. The van der Waals surface area contributed by atoms with Crippen molar-refractivity contribution in [3.05, 3.63) is 47.7 Å². The van der Waals surface area contributed by atoms with Crippen molar-refractivity contribution in [1.29, 1.82) is 0 Å². The van der Waals surface area contributed by atoms with Crippen LogP contribution in [0, 0.1) is 6.92 Å². The molecule has 0 saturated heterocycles. The van der Waals surface area contributed by atoms with E-state index < -0.39 is 0 Å². The van der Waals surface area contributed by atoms with Gasteiger partial charge in [-0.1, -0.05) is 6.07 Å². The second-order valence-electron chi connectivity index (χ2n) is 7.42. The van der Waals surface area contributed by atoms with Crippen LogP contribution in [0.25, 0.3) is 11.1 Å². The van der Waals surface area contributed by atoms with E-state index in [1.54, 1.807) is 25.1 Å². The number of aryl methyl sites for hydroxylation is 1. The molecule has 0 aliphatic heterocycles. The number of pyridine rings is 1. The molecule has 0 unspecified atom stereocenters. The molecule has 3 aromatic rings. The Morgan fingerprint density at radius 3 is 2.81 bits per heavy atom. The molecule has 1 saturated carbocycles. The predicted octanol–water partition coefficient (Wildman–Crippen LogP) is 3.21. The van der Waals surface area contributed by atoms with Crippen LogP contribution in [0.2, 0.25) is 0 Å². The summed E-state index contributed by atoms with van der Waals surface area (Å²) in [6.07, 6.45) is 6.10. The van der Waals surface area contributed by atoms with Gasteiger partial charge in [-0.05, 0) is 38.8 Å². The second-order valence-corrected chi connectivity index (χ2v) is 7.42. The summed E-state index contributed by atoms with van der Waals surface area (Å²) < 4.78 is 5.76. The number of fused-ring (bicyclic) bond motifs is 1. The van der Waals surface area contributed by atoms with Gasteiger partial charge in [-0.2, -0.15) is 0 Å². The molecule has 7 heteroatoms. The zero-order chi connectivity index (χ0) is 19.0. The fourth-order valence-electron chi connectivity index (χ4n) is 3.12. The van der Waals surface area contributed by atoms with Gasteiger partial charge in [0.15, 0.2) is 0 Å². The van der Waals surface area contributed by atoms with Crippen LogP contribution in [0.5, 0.6) is 0 Å². The van der Waals surface area contributed by atoms with Gasteiger partial charge in [-0.25, -0.2) is 9.97 Å². The minimum Gasteiger partial charge on any atom is -0.442 e. The maximum Gasteiger partial charge on any atom is 0.257 e. The lowest BCUT2D eigenvalue weighted by Crippen LogP contribution is -2.29. The van der Waals surface area contributed by atoms with Crippen LogP contribution in [0.15, 0.2) is 35.1 Å². The molecule has 1 N–H and O–H groups in total. The van der Waals surface area contributed by atoms with Gasteiger partial charge < -0.3 is 14.6 Å². The van der Waals surface area contributed by atoms with Crippen molar-refractivity contribution in [2.24, 2.45) is 0 Å². The van der Waals surface area contributed by atoms with Crippen LogP contribution in [0.4, 0.5) is 5.82 Å². The summed E-state index contributed by atoms with van der Waals surface area (Å²) in [4.78, 5) is 27.8. The van der Waals surface area contributed by atoms with E-state index in [0.29, 0.717) is 41.2 Å². The molecule has 27 heavy (non-hydrogen) atoms. The quantitative estimate of drug-likeness (QED) is 0.722. The van der Waals surface area contributed by atoms with Crippen molar-refractivity contribution in [1.82, 2.24) is 19.9 Å². The van der Waals surface area contributed by atoms with E-state index >= 15 is 0 Å². The van der Waals surface area contributed by atoms with Crippen molar-refractivity contribution in [3.63, 3.8) is 0 Å². The Bertz CT molecular complexity index is 979. The molecule has 4 rings (SSSR count). The average molecular weight is 365 g/mol. The van der Waals surface area contributed by atoms with Gasteiger partial charge in [0, 0.05) is 37.4 Å². The normalized spacial score (nSPS) is 14.9. The predicted molar refractivity (Wildman–Crippen MR) is 103 cm³/mol. The first-order valence-electron chi connectivity index (χ1n) is 9.14. The van der Waals surface area contributed by atoms with E-state index in [1.165, 1.54) is 6.33 Å². The molecular weight excluding hydrogens is 342 g/mol. The third-order valence-electron chi connectivity index (χ3n) is 5.07. The first-order valence-corrected chi connectivity index (χ1v) is 9.14. The Morgan fingerprint density at radius 2 is 2.11 bits per heavy atom. The first kappa shape index (κ1) is 17.5. The number of carbonyl (C=O) groups excluding carboxylic acids is 1. The topological polar surface area (TPSA) is 84.2 Å². The summed E-state index contributed by atoms with van der Waals surface area (Å²) in [5, 5.41) is 4.11. The maximum atomic E-state index is 13.2. The number of furan rings is 1. The van der Waals surface area contributed by atoms with Gasteiger partial charge in [0.2, 0.25) is 5.71 Å². The Morgan fingerprint density at radius 1 is 1.30 bits per heavy atom. The van der Waals surface area contributed by atoms with Crippen molar-refractivity contribution >= 4 is 22.8 Å². The van der Waals surface area contributed by atoms with Crippen LogP contribution in [-0.2, 0) is 6.42 Å². The lowest BCUT2D eigenvalue weighted by molar-refractivity contribution is 0.0796. The number of hydrogen-bond donors (Lipinski definition) is 1. The van der Waals surface area contributed by atoms with Crippen LogP contribution >= 0.6 is 0 Å². The van der Waals surface area contributed by atoms with Crippen LogP contribution in [-0.4, -0.2) is 44.9 Å². The second kappa shape index (κ2) is 6.64. The third kappa shape index (κ3) is 3.49. The molecule has 0 spiro atoms. The van der Waals surface area contributed by atoms with E-state index in [-0.39, 0.29) is 11.4 Å². The Balaban J connectivity index is 1.61. The highest BCUT2D eigenvalue weighted by molar-refractivity contribution is 6.10. The molecule has 3 aromatic heterocycles. The van der Waals surface area contributed by atoms with Gasteiger partial charge in [0.25, 0.3) is 5.91 Å². The molecule has 0 aromatic carbocycles. The van der Waals surface area contributed by atoms with Crippen LogP contribution in [0.3, 0.4) is 0 Å². The van der Waals surface area contributed by atoms with Gasteiger partial charge >= 0.3 is 0 Å². The zero-order valence-corrected chi connectivity index (χ0v) is 15.8.